The van der Waals surface area contributed by atoms with Crippen molar-refractivity contribution in [2.24, 2.45) is 0 Å². The minimum absolute atomic E-state index is 0.233. The van der Waals surface area contributed by atoms with Gasteiger partial charge in [0.25, 0.3) is 5.91 Å². The Bertz CT molecular complexity index is 1180. The Kier molecular flexibility index (Phi) is 8.09. The normalized spacial score (nSPS) is 13.1. The van der Waals surface area contributed by atoms with E-state index in [0.717, 1.165) is 36.7 Å². The van der Waals surface area contributed by atoms with E-state index in [1.165, 1.54) is 22.5 Å². The Hall–Kier alpha value is -3.30. The number of thiazole rings is 1. The molecule has 0 fully saturated rings. The first-order valence-electron chi connectivity index (χ1n) is 11.7. The molecular formula is C26H31N3O5S. The second-order valence-corrected chi connectivity index (χ2v) is 8.92. The predicted molar refractivity (Wildman–Crippen MR) is 136 cm³/mol. The summed E-state index contributed by atoms with van der Waals surface area (Å²) in [6.07, 6.45) is 0.934. The zero-order chi connectivity index (χ0) is 24.8. The highest BCUT2D eigenvalue weighted by Gasteiger charge is 2.21. The first kappa shape index (κ1) is 24.8. The maximum absolute atomic E-state index is 12.8. The van der Waals surface area contributed by atoms with Crippen LogP contribution in [0.5, 0.6) is 23.0 Å². The van der Waals surface area contributed by atoms with Crippen LogP contribution in [-0.4, -0.2) is 49.8 Å². The molecule has 1 aliphatic heterocycles. The molecule has 2 heterocycles. The lowest BCUT2D eigenvalue weighted by Crippen LogP contribution is -2.30. The molecule has 4 rings (SSSR count). The molecule has 1 aromatic heterocycles. The topological polar surface area (TPSA) is 82.2 Å². The van der Waals surface area contributed by atoms with Gasteiger partial charge < -0.3 is 18.9 Å². The minimum Gasteiger partial charge on any atom is -0.493 e. The molecule has 0 aliphatic carbocycles. The number of anilines is 1. The molecule has 0 spiro atoms. The third-order valence-electron chi connectivity index (χ3n) is 5.76. The second kappa shape index (κ2) is 11.4. The van der Waals surface area contributed by atoms with Crippen LogP contribution < -0.4 is 24.3 Å². The number of nitrogens with zero attached hydrogens (tertiary/aromatic N) is 2. The van der Waals surface area contributed by atoms with Crippen LogP contribution in [0.15, 0.2) is 35.7 Å². The summed E-state index contributed by atoms with van der Waals surface area (Å²) in [5.74, 6) is 2.46. The number of carbonyl (C=O) groups excluding carboxylic acids is 1. The van der Waals surface area contributed by atoms with Crippen LogP contribution in [-0.2, 0) is 19.5 Å². The summed E-state index contributed by atoms with van der Waals surface area (Å²) in [6, 6.07) is 9.31. The fourth-order valence-electron chi connectivity index (χ4n) is 4.10. The molecule has 3 aromatic rings. The molecule has 8 nitrogen and oxygen atoms in total. The van der Waals surface area contributed by atoms with Crippen molar-refractivity contribution in [3.05, 3.63) is 58.1 Å². The van der Waals surface area contributed by atoms with Crippen LogP contribution in [0.4, 0.5) is 5.13 Å². The lowest BCUT2D eigenvalue weighted by atomic mass is 9.98. The van der Waals surface area contributed by atoms with E-state index >= 15 is 0 Å². The molecule has 0 saturated carbocycles. The summed E-state index contributed by atoms with van der Waals surface area (Å²) in [4.78, 5) is 19.8. The predicted octanol–water partition coefficient (Wildman–Crippen LogP) is 4.77. The van der Waals surface area contributed by atoms with E-state index in [2.05, 4.69) is 27.3 Å². The summed E-state index contributed by atoms with van der Waals surface area (Å²) < 4.78 is 22.1. The number of hydrogen-bond donors (Lipinski definition) is 1. The van der Waals surface area contributed by atoms with Gasteiger partial charge in [-0.2, -0.15) is 0 Å². The molecule has 1 amide bonds. The van der Waals surface area contributed by atoms with Crippen molar-refractivity contribution in [1.29, 1.82) is 0 Å². The summed E-state index contributed by atoms with van der Waals surface area (Å²) in [5, 5.41) is 5.46. The number of hydrogen-bond acceptors (Lipinski definition) is 8. The van der Waals surface area contributed by atoms with Gasteiger partial charge in [-0.15, -0.1) is 11.3 Å². The van der Waals surface area contributed by atoms with Gasteiger partial charge in [-0.05, 0) is 61.7 Å². The van der Waals surface area contributed by atoms with Crippen molar-refractivity contribution in [2.45, 2.75) is 33.4 Å². The Labute approximate surface area is 209 Å². The molecule has 0 radical (unpaired) electrons. The molecule has 186 valence electrons. The van der Waals surface area contributed by atoms with Crippen LogP contribution in [0.25, 0.3) is 0 Å². The van der Waals surface area contributed by atoms with Gasteiger partial charge in [0.05, 0.1) is 33.1 Å². The number of benzene rings is 2. The summed E-state index contributed by atoms with van der Waals surface area (Å²) in [6.45, 7) is 7.26. The maximum Gasteiger partial charge on any atom is 0.257 e. The van der Waals surface area contributed by atoms with Crippen LogP contribution in [0.2, 0.25) is 0 Å². The van der Waals surface area contributed by atoms with Crippen molar-refractivity contribution in [2.75, 3.05) is 39.3 Å². The molecule has 1 N–H and O–H groups in total. The van der Waals surface area contributed by atoms with E-state index in [1.54, 1.807) is 32.4 Å². The molecule has 1 aliphatic rings. The smallest absolute Gasteiger partial charge is 0.257 e. The second-order valence-electron chi connectivity index (χ2n) is 8.06. The van der Waals surface area contributed by atoms with E-state index in [-0.39, 0.29) is 5.91 Å². The highest BCUT2D eigenvalue weighted by Crippen LogP contribution is 2.34. The van der Waals surface area contributed by atoms with Gasteiger partial charge in [0.1, 0.15) is 0 Å². The van der Waals surface area contributed by atoms with Crippen molar-refractivity contribution in [3.8, 4) is 23.0 Å². The third-order valence-corrected chi connectivity index (χ3v) is 6.57. The Morgan fingerprint density at radius 3 is 2.43 bits per heavy atom. The van der Waals surface area contributed by atoms with Gasteiger partial charge >= 0.3 is 0 Å². The van der Waals surface area contributed by atoms with Crippen LogP contribution in [0.1, 0.15) is 41.0 Å². The van der Waals surface area contributed by atoms with E-state index < -0.39 is 0 Å². The summed E-state index contributed by atoms with van der Waals surface area (Å²) in [7, 11) is 3.31. The number of amides is 1. The Morgan fingerprint density at radius 2 is 1.71 bits per heavy atom. The third kappa shape index (κ3) is 5.86. The van der Waals surface area contributed by atoms with Gasteiger partial charge in [0.15, 0.2) is 28.1 Å². The van der Waals surface area contributed by atoms with Gasteiger partial charge in [-0.25, -0.2) is 4.98 Å². The first-order valence-corrected chi connectivity index (χ1v) is 12.5. The van der Waals surface area contributed by atoms with Gasteiger partial charge in [-0.3, -0.25) is 15.0 Å². The summed E-state index contributed by atoms with van der Waals surface area (Å²) >= 11 is 1.42. The number of methoxy groups -OCH3 is 2. The fourth-order valence-corrected chi connectivity index (χ4v) is 4.80. The minimum atomic E-state index is -0.233. The molecule has 35 heavy (non-hydrogen) atoms. The van der Waals surface area contributed by atoms with E-state index in [0.29, 0.717) is 42.0 Å². The largest absolute Gasteiger partial charge is 0.493 e. The number of carbonyl (C=O) groups is 1. The fraction of sp³-hybridized carbons (Fsp3) is 0.385. The van der Waals surface area contributed by atoms with Crippen LogP contribution >= 0.6 is 11.3 Å². The number of aromatic nitrogens is 1. The lowest BCUT2D eigenvalue weighted by molar-refractivity contribution is 0.102. The lowest BCUT2D eigenvalue weighted by Gasteiger charge is -2.29. The SMILES string of the molecule is CCOc1ccc(C(=O)Nc2nc(CN3CCc4cc(OC)c(OC)cc4C3)cs2)cc1OCC. The number of rotatable bonds is 10. The average Bonchev–Trinajstić information content (AvgIpc) is 3.30. The van der Waals surface area contributed by atoms with Crippen LogP contribution in [0, 0.1) is 0 Å². The molecular weight excluding hydrogens is 466 g/mol. The van der Waals surface area contributed by atoms with E-state index in [4.69, 9.17) is 18.9 Å². The monoisotopic (exact) mass is 497 g/mol. The zero-order valence-electron chi connectivity index (χ0n) is 20.6. The van der Waals surface area contributed by atoms with Crippen molar-refractivity contribution in [1.82, 2.24) is 9.88 Å². The van der Waals surface area contributed by atoms with Crippen LogP contribution in [0.3, 0.4) is 0 Å². The van der Waals surface area contributed by atoms with Gasteiger partial charge in [0.2, 0.25) is 0 Å². The zero-order valence-corrected chi connectivity index (χ0v) is 21.4. The van der Waals surface area contributed by atoms with E-state index in [9.17, 15) is 4.79 Å². The highest BCUT2D eigenvalue weighted by molar-refractivity contribution is 7.14. The highest BCUT2D eigenvalue weighted by atomic mass is 32.1. The summed E-state index contributed by atoms with van der Waals surface area (Å²) in [5.41, 5.74) is 3.94. The average molecular weight is 498 g/mol. The standard InChI is InChI=1S/C26H31N3O5S/c1-5-33-21-8-7-18(12-24(21)34-6-2)25(30)28-26-27-20(16-35-26)15-29-10-9-17-11-22(31-3)23(32-4)13-19(17)14-29/h7-8,11-13,16H,5-6,9-10,14-15H2,1-4H3,(H,27,28,30). The van der Waals surface area contributed by atoms with Gasteiger partial charge in [0, 0.05) is 30.6 Å². The van der Waals surface area contributed by atoms with E-state index in [1.807, 2.05) is 19.2 Å². The first-order chi connectivity index (χ1) is 17.0. The molecule has 0 atom stereocenters. The molecule has 9 heteroatoms. The number of nitrogens with one attached hydrogen (secondary N) is 1. The van der Waals surface area contributed by atoms with Crippen molar-refractivity contribution < 1.29 is 23.7 Å². The Balaban J connectivity index is 1.39. The molecule has 0 saturated heterocycles. The number of ether oxygens (including phenoxy) is 4. The molecule has 0 bridgehead atoms. The Morgan fingerprint density at radius 1 is 1.00 bits per heavy atom. The van der Waals surface area contributed by atoms with Crippen molar-refractivity contribution >= 4 is 22.4 Å². The van der Waals surface area contributed by atoms with Gasteiger partial charge in [-0.1, -0.05) is 0 Å². The number of fused-ring (bicyclic) bond motifs is 1. The quantitative estimate of drug-likeness (QED) is 0.432. The molecule has 0 unspecified atom stereocenters. The van der Waals surface area contributed by atoms with Crippen molar-refractivity contribution in [3.63, 3.8) is 0 Å². The maximum atomic E-state index is 12.8. The molecule has 2 aromatic carbocycles.